The molecule has 0 aromatic rings. The Morgan fingerprint density at radius 3 is 2.59 bits per heavy atom. The maximum atomic E-state index is 3.58. The largest absolute Gasteiger partial charge is 0.316 e. The molecule has 1 aliphatic heterocycles. The summed E-state index contributed by atoms with van der Waals surface area (Å²) in [5.74, 6) is 1.02. The van der Waals surface area contributed by atoms with Crippen LogP contribution in [-0.4, -0.2) is 37.6 Å². The molecule has 0 spiro atoms. The molecule has 0 aromatic heterocycles. The molecule has 100 valence electrons. The van der Waals surface area contributed by atoms with Crippen molar-refractivity contribution >= 4 is 0 Å². The second-order valence-electron chi connectivity index (χ2n) is 6.30. The maximum Gasteiger partial charge on any atom is 0.00506 e. The van der Waals surface area contributed by atoms with Crippen molar-refractivity contribution in [1.82, 2.24) is 10.2 Å². The molecule has 1 heterocycles. The van der Waals surface area contributed by atoms with E-state index in [9.17, 15) is 0 Å². The molecule has 2 nitrogen and oxygen atoms in total. The van der Waals surface area contributed by atoms with E-state index in [4.69, 9.17) is 0 Å². The normalized spacial score (nSPS) is 29.8. The van der Waals surface area contributed by atoms with Gasteiger partial charge in [-0.25, -0.2) is 0 Å². The summed E-state index contributed by atoms with van der Waals surface area (Å²) >= 11 is 0. The quantitative estimate of drug-likeness (QED) is 0.733. The predicted molar refractivity (Wildman–Crippen MR) is 74.3 cm³/mol. The van der Waals surface area contributed by atoms with Crippen molar-refractivity contribution in [3.8, 4) is 0 Å². The van der Waals surface area contributed by atoms with Crippen molar-refractivity contribution in [1.29, 1.82) is 0 Å². The fraction of sp³-hybridized carbons (Fsp3) is 1.00. The Morgan fingerprint density at radius 1 is 1.29 bits per heavy atom. The van der Waals surface area contributed by atoms with Gasteiger partial charge in [-0.2, -0.15) is 0 Å². The Kier molecular flexibility index (Phi) is 4.87. The average molecular weight is 238 g/mol. The molecule has 2 heteroatoms. The third kappa shape index (κ3) is 3.45. The fourth-order valence-corrected chi connectivity index (χ4v) is 3.57. The van der Waals surface area contributed by atoms with Gasteiger partial charge in [0.15, 0.2) is 0 Å². The molecule has 2 aliphatic rings. The van der Waals surface area contributed by atoms with Crippen molar-refractivity contribution in [3.05, 3.63) is 0 Å². The van der Waals surface area contributed by atoms with E-state index < -0.39 is 0 Å². The van der Waals surface area contributed by atoms with Crippen LogP contribution in [0.2, 0.25) is 0 Å². The lowest BCUT2D eigenvalue weighted by atomic mass is 9.80. The highest BCUT2D eigenvalue weighted by Gasteiger charge is 2.35. The fourth-order valence-electron chi connectivity index (χ4n) is 3.57. The van der Waals surface area contributed by atoms with Crippen LogP contribution >= 0.6 is 0 Å². The van der Waals surface area contributed by atoms with Crippen molar-refractivity contribution in [3.63, 3.8) is 0 Å². The van der Waals surface area contributed by atoms with E-state index >= 15 is 0 Å². The molecule has 1 saturated carbocycles. The molecule has 0 amide bonds. The van der Waals surface area contributed by atoms with Crippen LogP contribution in [-0.2, 0) is 0 Å². The lowest BCUT2D eigenvalue weighted by molar-refractivity contribution is 0.118. The molecule has 2 rings (SSSR count). The van der Waals surface area contributed by atoms with Gasteiger partial charge in [0.25, 0.3) is 0 Å². The van der Waals surface area contributed by atoms with E-state index in [0.29, 0.717) is 5.41 Å². The van der Waals surface area contributed by atoms with Crippen LogP contribution < -0.4 is 5.32 Å². The summed E-state index contributed by atoms with van der Waals surface area (Å²) in [6.45, 7) is 11.1. The number of nitrogens with one attached hydrogen (secondary N) is 1. The van der Waals surface area contributed by atoms with Crippen molar-refractivity contribution < 1.29 is 0 Å². The topological polar surface area (TPSA) is 15.3 Å². The third-order valence-electron chi connectivity index (χ3n) is 4.86. The molecule has 0 radical (unpaired) electrons. The van der Waals surface area contributed by atoms with Gasteiger partial charge in [-0.05, 0) is 50.1 Å². The number of hydrogen-bond acceptors (Lipinski definition) is 2. The monoisotopic (exact) mass is 238 g/mol. The zero-order chi connectivity index (χ0) is 12.1. The molecule has 1 unspecified atom stereocenters. The van der Waals surface area contributed by atoms with Crippen LogP contribution in [0.25, 0.3) is 0 Å². The Labute approximate surface area is 107 Å². The molecule has 2 fully saturated rings. The first-order valence-corrected chi connectivity index (χ1v) is 7.71. The van der Waals surface area contributed by atoms with Gasteiger partial charge < -0.3 is 10.2 Å². The molecular weight excluding hydrogens is 208 g/mol. The minimum absolute atomic E-state index is 0.592. The van der Waals surface area contributed by atoms with Crippen LogP contribution in [0.1, 0.15) is 52.4 Å². The van der Waals surface area contributed by atoms with E-state index in [1.54, 1.807) is 0 Å². The zero-order valence-corrected chi connectivity index (χ0v) is 11.8. The van der Waals surface area contributed by atoms with E-state index in [1.807, 2.05) is 0 Å². The molecular formula is C15H30N2. The van der Waals surface area contributed by atoms with Crippen LogP contribution in [0.5, 0.6) is 0 Å². The smallest absolute Gasteiger partial charge is 0.00506 e. The SMILES string of the molecule is CCCC1(CN(CC)CC2CCC2)CCNC1. The van der Waals surface area contributed by atoms with Gasteiger partial charge in [0.2, 0.25) is 0 Å². The second kappa shape index (κ2) is 6.19. The third-order valence-corrected chi connectivity index (χ3v) is 4.86. The molecule has 1 saturated heterocycles. The van der Waals surface area contributed by atoms with Gasteiger partial charge in [-0.15, -0.1) is 0 Å². The highest BCUT2D eigenvalue weighted by molar-refractivity contribution is 4.90. The van der Waals surface area contributed by atoms with Gasteiger partial charge in [-0.1, -0.05) is 26.7 Å². The van der Waals surface area contributed by atoms with Gasteiger partial charge in [0.1, 0.15) is 0 Å². The van der Waals surface area contributed by atoms with Gasteiger partial charge in [-0.3, -0.25) is 0 Å². The lowest BCUT2D eigenvalue weighted by Crippen LogP contribution is -2.42. The summed E-state index contributed by atoms with van der Waals surface area (Å²) in [7, 11) is 0. The molecule has 17 heavy (non-hydrogen) atoms. The number of nitrogens with zero attached hydrogens (tertiary/aromatic N) is 1. The maximum absolute atomic E-state index is 3.58. The highest BCUT2D eigenvalue weighted by Crippen LogP contribution is 2.33. The molecule has 0 aromatic carbocycles. The summed E-state index contributed by atoms with van der Waals surface area (Å²) in [4.78, 5) is 2.73. The Balaban J connectivity index is 1.85. The average Bonchev–Trinajstić information content (AvgIpc) is 2.71. The van der Waals surface area contributed by atoms with Crippen LogP contribution in [0, 0.1) is 11.3 Å². The first kappa shape index (κ1) is 13.4. The standard InChI is InChI=1S/C15H30N2/c1-3-8-15(9-10-16-12-15)13-17(4-2)11-14-6-5-7-14/h14,16H,3-13H2,1-2H3. The van der Waals surface area contributed by atoms with Gasteiger partial charge in [0, 0.05) is 19.6 Å². The van der Waals surface area contributed by atoms with Crippen molar-refractivity contribution in [2.75, 3.05) is 32.7 Å². The van der Waals surface area contributed by atoms with E-state index in [2.05, 4.69) is 24.1 Å². The Morgan fingerprint density at radius 2 is 2.12 bits per heavy atom. The number of hydrogen-bond donors (Lipinski definition) is 1. The first-order valence-electron chi connectivity index (χ1n) is 7.71. The Bertz CT molecular complexity index is 217. The van der Waals surface area contributed by atoms with E-state index in [-0.39, 0.29) is 0 Å². The number of rotatable bonds is 7. The molecule has 1 N–H and O–H groups in total. The minimum atomic E-state index is 0.592. The first-order chi connectivity index (χ1) is 8.28. The lowest BCUT2D eigenvalue weighted by Gasteiger charge is -2.38. The minimum Gasteiger partial charge on any atom is -0.316 e. The van der Waals surface area contributed by atoms with Crippen molar-refractivity contribution in [2.24, 2.45) is 11.3 Å². The molecule has 1 aliphatic carbocycles. The van der Waals surface area contributed by atoms with Crippen LogP contribution in [0.4, 0.5) is 0 Å². The Hall–Kier alpha value is -0.0800. The molecule has 1 atom stereocenters. The van der Waals surface area contributed by atoms with Crippen LogP contribution in [0.3, 0.4) is 0 Å². The summed E-state index contributed by atoms with van der Waals surface area (Å²) < 4.78 is 0. The summed E-state index contributed by atoms with van der Waals surface area (Å²) in [5, 5.41) is 3.58. The van der Waals surface area contributed by atoms with Gasteiger partial charge >= 0.3 is 0 Å². The zero-order valence-electron chi connectivity index (χ0n) is 11.8. The predicted octanol–water partition coefficient (Wildman–Crippen LogP) is 2.89. The second-order valence-corrected chi connectivity index (χ2v) is 6.30. The van der Waals surface area contributed by atoms with E-state index in [1.165, 1.54) is 71.2 Å². The molecule has 0 bridgehead atoms. The summed E-state index contributed by atoms with van der Waals surface area (Å²) in [5.41, 5.74) is 0.592. The summed E-state index contributed by atoms with van der Waals surface area (Å²) in [6, 6.07) is 0. The summed E-state index contributed by atoms with van der Waals surface area (Å²) in [6.07, 6.45) is 8.57. The van der Waals surface area contributed by atoms with Crippen LogP contribution in [0.15, 0.2) is 0 Å². The van der Waals surface area contributed by atoms with Crippen molar-refractivity contribution in [2.45, 2.75) is 52.4 Å². The van der Waals surface area contributed by atoms with E-state index in [0.717, 1.165) is 5.92 Å². The van der Waals surface area contributed by atoms with Gasteiger partial charge in [0.05, 0.1) is 0 Å². The highest BCUT2D eigenvalue weighted by atomic mass is 15.1.